The Hall–Kier alpha value is -1.92. The van der Waals surface area contributed by atoms with E-state index in [2.05, 4.69) is 4.99 Å². The highest BCUT2D eigenvalue weighted by Gasteiger charge is 2.35. The van der Waals surface area contributed by atoms with Crippen molar-refractivity contribution in [3.63, 3.8) is 0 Å². The molecule has 0 bridgehead atoms. The van der Waals surface area contributed by atoms with Crippen LogP contribution >= 0.6 is 0 Å². The van der Waals surface area contributed by atoms with E-state index in [9.17, 15) is 23.3 Å². The lowest BCUT2D eigenvalue weighted by molar-refractivity contribution is -0.384. The summed E-state index contributed by atoms with van der Waals surface area (Å²) in [4.78, 5) is 13.4. The van der Waals surface area contributed by atoms with Crippen molar-refractivity contribution in [2.24, 2.45) is 4.99 Å². The van der Waals surface area contributed by atoms with Gasteiger partial charge in [0, 0.05) is 24.6 Å². The number of nitro groups is 1. The van der Waals surface area contributed by atoms with Crippen LogP contribution < -0.4 is 0 Å². The lowest BCUT2D eigenvalue weighted by atomic mass is 10.1. The van der Waals surface area contributed by atoms with E-state index in [-0.39, 0.29) is 12.1 Å². The molecule has 104 valence electrons. The maximum Gasteiger partial charge on any atom is 0.429 e. The van der Waals surface area contributed by atoms with Crippen molar-refractivity contribution in [3.05, 3.63) is 39.9 Å². The van der Waals surface area contributed by atoms with E-state index in [0.29, 0.717) is 5.56 Å². The van der Waals surface area contributed by atoms with E-state index in [0.717, 1.165) is 0 Å². The van der Waals surface area contributed by atoms with Gasteiger partial charge in [0.25, 0.3) is 5.69 Å². The van der Waals surface area contributed by atoms with Crippen LogP contribution in [-0.4, -0.2) is 22.9 Å². The van der Waals surface area contributed by atoms with E-state index >= 15 is 0 Å². The standard InChI is InChI=1S/C12H13F3N2O2/c1-8(2)16-11(12(13,14)15)7-9-3-5-10(6-4-9)17(18)19/h3-6,8H,7H2,1-2H3. The van der Waals surface area contributed by atoms with Gasteiger partial charge in [-0.2, -0.15) is 13.2 Å². The quantitative estimate of drug-likeness (QED) is 0.479. The number of aliphatic imine (C=N–C) groups is 1. The van der Waals surface area contributed by atoms with Crippen LogP contribution in [0, 0.1) is 10.1 Å². The van der Waals surface area contributed by atoms with E-state index in [1.54, 1.807) is 13.8 Å². The Bertz CT molecular complexity index is 479. The van der Waals surface area contributed by atoms with Gasteiger partial charge in [-0.05, 0) is 19.4 Å². The van der Waals surface area contributed by atoms with Gasteiger partial charge in [0.15, 0.2) is 0 Å². The summed E-state index contributed by atoms with van der Waals surface area (Å²) in [6.07, 6.45) is -4.88. The fourth-order valence-electron chi connectivity index (χ4n) is 1.46. The first-order chi connectivity index (χ1) is 8.70. The minimum absolute atomic E-state index is 0.155. The lowest BCUT2D eigenvalue weighted by Gasteiger charge is -2.12. The topological polar surface area (TPSA) is 55.5 Å². The van der Waals surface area contributed by atoms with Crippen LogP contribution in [0.25, 0.3) is 0 Å². The number of benzene rings is 1. The largest absolute Gasteiger partial charge is 0.429 e. The molecule has 0 heterocycles. The van der Waals surface area contributed by atoms with Gasteiger partial charge in [-0.15, -0.1) is 0 Å². The van der Waals surface area contributed by atoms with Gasteiger partial charge in [0.2, 0.25) is 0 Å². The molecule has 0 spiro atoms. The van der Waals surface area contributed by atoms with Crippen molar-refractivity contribution >= 4 is 11.4 Å². The SMILES string of the molecule is CC(C)N=C(Cc1ccc([N+](=O)[O-])cc1)C(F)(F)F. The molecule has 0 atom stereocenters. The number of hydrogen-bond donors (Lipinski definition) is 0. The third-order valence-electron chi connectivity index (χ3n) is 2.26. The van der Waals surface area contributed by atoms with Crippen LogP contribution in [0.3, 0.4) is 0 Å². The Morgan fingerprint density at radius 1 is 1.32 bits per heavy atom. The molecule has 1 aromatic rings. The number of halogens is 3. The molecule has 1 aromatic carbocycles. The first-order valence-corrected chi connectivity index (χ1v) is 5.57. The molecule has 0 N–H and O–H groups in total. The number of alkyl halides is 3. The summed E-state index contributed by atoms with van der Waals surface area (Å²) in [5.74, 6) is 0. The highest BCUT2D eigenvalue weighted by molar-refractivity contribution is 5.91. The van der Waals surface area contributed by atoms with Crippen LogP contribution in [0.4, 0.5) is 18.9 Å². The molecule has 4 nitrogen and oxygen atoms in total. The maximum atomic E-state index is 12.7. The van der Waals surface area contributed by atoms with Gasteiger partial charge in [-0.1, -0.05) is 12.1 Å². The van der Waals surface area contributed by atoms with Gasteiger partial charge < -0.3 is 0 Å². The summed E-state index contributed by atoms with van der Waals surface area (Å²) in [5.41, 5.74) is -0.697. The first-order valence-electron chi connectivity index (χ1n) is 5.57. The molecule has 0 amide bonds. The second kappa shape index (κ2) is 5.81. The van der Waals surface area contributed by atoms with E-state index in [1.165, 1.54) is 24.3 Å². The molecular weight excluding hydrogens is 261 g/mol. The molecule has 19 heavy (non-hydrogen) atoms. The average molecular weight is 274 g/mol. The van der Waals surface area contributed by atoms with Crippen molar-refractivity contribution in [2.75, 3.05) is 0 Å². The molecule has 0 saturated heterocycles. The molecule has 0 saturated carbocycles. The second-order valence-corrected chi connectivity index (χ2v) is 4.27. The van der Waals surface area contributed by atoms with Crippen molar-refractivity contribution < 1.29 is 18.1 Å². The third kappa shape index (κ3) is 4.69. The molecule has 0 radical (unpaired) electrons. The number of hydrogen-bond acceptors (Lipinski definition) is 3. The number of non-ortho nitro benzene ring substituents is 1. The molecule has 7 heteroatoms. The Morgan fingerprint density at radius 3 is 2.21 bits per heavy atom. The fourth-order valence-corrected chi connectivity index (χ4v) is 1.46. The molecular formula is C12H13F3N2O2. The molecule has 0 aliphatic rings. The van der Waals surface area contributed by atoms with Crippen molar-refractivity contribution in [3.8, 4) is 0 Å². The molecule has 0 aliphatic carbocycles. The zero-order valence-corrected chi connectivity index (χ0v) is 10.4. The maximum absolute atomic E-state index is 12.7. The summed E-state index contributed by atoms with van der Waals surface area (Å²) >= 11 is 0. The normalized spacial score (nSPS) is 12.8. The molecule has 1 rings (SSSR count). The van der Waals surface area contributed by atoms with Gasteiger partial charge >= 0.3 is 6.18 Å². The Morgan fingerprint density at radius 2 is 1.84 bits per heavy atom. The van der Waals surface area contributed by atoms with Gasteiger partial charge in [-0.25, -0.2) is 0 Å². The zero-order chi connectivity index (χ0) is 14.6. The number of nitrogens with zero attached hydrogens (tertiary/aromatic N) is 2. The lowest BCUT2D eigenvalue weighted by Crippen LogP contribution is -2.26. The van der Waals surface area contributed by atoms with Crippen LogP contribution in [0.1, 0.15) is 19.4 Å². The van der Waals surface area contributed by atoms with Crippen LogP contribution in [0.2, 0.25) is 0 Å². The second-order valence-electron chi connectivity index (χ2n) is 4.27. The Kier molecular flexibility index (Phi) is 4.63. The monoisotopic (exact) mass is 274 g/mol. The van der Waals surface area contributed by atoms with Crippen LogP contribution in [0.5, 0.6) is 0 Å². The highest BCUT2D eigenvalue weighted by Crippen LogP contribution is 2.22. The highest BCUT2D eigenvalue weighted by atomic mass is 19.4. The zero-order valence-electron chi connectivity index (χ0n) is 10.4. The van der Waals surface area contributed by atoms with E-state index in [4.69, 9.17) is 0 Å². The van der Waals surface area contributed by atoms with Crippen molar-refractivity contribution in [2.45, 2.75) is 32.5 Å². The Labute approximate surface area is 108 Å². The fraction of sp³-hybridized carbons (Fsp3) is 0.417. The average Bonchev–Trinajstić information content (AvgIpc) is 2.27. The summed E-state index contributed by atoms with van der Waals surface area (Å²) < 4.78 is 38.2. The van der Waals surface area contributed by atoms with E-state index < -0.39 is 22.9 Å². The summed E-state index contributed by atoms with van der Waals surface area (Å²) in [6, 6.07) is 4.51. The first kappa shape index (κ1) is 15.1. The molecule has 0 aromatic heterocycles. The summed E-state index contributed by atoms with van der Waals surface area (Å²) in [5, 5.41) is 10.4. The van der Waals surface area contributed by atoms with Crippen LogP contribution in [-0.2, 0) is 6.42 Å². The van der Waals surface area contributed by atoms with E-state index in [1.807, 2.05) is 0 Å². The number of nitro benzene ring substituents is 1. The van der Waals surface area contributed by atoms with Crippen molar-refractivity contribution in [1.82, 2.24) is 0 Å². The van der Waals surface area contributed by atoms with Gasteiger partial charge in [0.1, 0.15) is 5.71 Å². The third-order valence-corrected chi connectivity index (χ3v) is 2.26. The minimum Gasteiger partial charge on any atom is -0.282 e. The molecule has 0 aliphatic heterocycles. The minimum atomic E-state index is -4.49. The molecule has 0 fully saturated rings. The summed E-state index contributed by atoms with van der Waals surface area (Å²) in [6.45, 7) is 3.11. The smallest absolute Gasteiger partial charge is 0.282 e. The number of rotatable bonds is 4. The van der Waals surface area contributed by atoms with Gasteiger partial charge in [0.05, 0.1) is 4.92 Å². The van der Waals surface area contributed by atoms with Crippen LogP contribution in [0.15, 0.2) is 29.3 Å². The van der Waals surface area contributed by atoms with Gasteiger partial charge in [-0.3, -0.25) is 15.1 Å². The summed E-state index contributed by atoms with van der Waals surface area (Å²) in [7, 11) is 0. The molecule has 0 unspecified atom stereocenters. The van der Waals surface area contributed by atoms with Crippen molar-refractivity contribution in [1.29, 1.82) is 0 Å². The Balaban J connectivity index is 2.95. The predicted octanol–water partition coefficient (Wildman–Crippen LogP) is 3.55. The predicted molar refractivity (Wildman–Crippen MR) is 65.4 cm³/mol.